The molecule has 0 aromatic rings. The van der Waals surface area contributed by atoms with Gasteiger partial charge in [-0.25, -0.2) is 0 Å². The molecule has 72 valence electrons. The topological polar surface area (TPSA) is 21.3 Å². The Morgan fingerprint density at radius 2 is 2.08 bits per heavy atom. The van der Waals surface area contributed by atoms with Crippen molar-refractivity contribution >= 4 is 0 Å². The van der Waals surface area contributed by atoms with Crippen molar-refractivity contribution in [3.8, 4) is 0 Å². The number of hydrogen-bond acceptors (Lipinski definition) is 2. The second-order valence-corrected chi connectivity index (χ2v) is 3.58. The van der Waals surface area contributed by atoms with Crippen molar-refractivity contribution in [2.75, 3.05) is 26.3 Å². The molecule has 1 N–H and O–H groups in total. The van der Waals surface area contributed by atoms with Gasteiger partial charge in [0.2, 0.25) is 0 Å². The van der Waals surface area contributed by atoms with Crippen LogP contribution in [0, 0.1) is 5.41 Å². The van der Waals surface area contributed by atoms with Gasteiger partial charge in [0.05, 0.1) is 6.61 Å². The van der Waals surface area contributed by atoms with E-state index in [0.717, 1.165) is 13.2 Å². The summed E-state index contributed by atoms with van der Waals surface area (Å²) in [5.41, 5.74) is 0.540. The zero-order chi connectivity index (χ0) is 8.86. The van der Waals surface area contributed by atoms with E-state index in [1.54, 1.807) is 0 Å². The SMILES string of the molecule is C1CNCC2(C1)CCOC2.CC. The molecule has 0 radical (unpaired) electrons. The molecule has 1 atom stereocenters. The first-order valence-corrected chi connectivity index (χ1v) is 5.20. The molecule has 2 saturated heterocycles. The van der Waals surface area contributed by atoms with Crippen molar-refractivity contribution < 1.29 is 4.74 Å². The number of nitrogens with one attached hydrogen (secondary N) is 1. The quantitative estimate of drug-likeness (QED) is 0.600. The lowest BCUT2D eigenvalue weighted by atomic mass is 9.80. The van der Waals surface area contributed by atoms with Crippen LogP contribution >= 0.6 is 0 Å². The molecule has 0 aromatic carbocycles. The number of ether oxygens (including phenoxy) is 1. The molecule has 2 fully saturated rings. The van der Waals surface area contributed by atoms with E-state index in [1.165, 1.54) is 32.4 Å². The van der Waals surface area contributed by atoms with Gasteiger partial charge in [-0.3, -0.25) is 0 Å². The van der Waals surface area contributed by atoms with Gasteiger partial charge in [0.25, 0.3) is 0 Å². The lowest BCUT2D eigenvalue weighted by Gasteiger charge is -2.31. The van der Waals surface area contributed by atoms with Gasteiger partial charge in [0, 0.05) is 18.6 Å². The number of rotatable bonds is 0. The summed E-state index contributed by atoms with van der Waals surface area (Å²) in [7, 11) is 0. The van der Waals surface area contributed by atoms with Crippen LogP contribution in [0.2, 0.25) is 0 Å². The molecule has 2 nitrogen and oxygen atoms in total. The van der Waals surface area contributed by atoms with Crippen molar-refractivity contribution in [3.63, 3.8) is 0 Å². The smallest absolute Gasteiger partial charge is 0.0535 e. The molecular formula is C10H21NO. The predicted octanol–water partition coefficient (Wildman–Crippen LogP) is 1.80. The maximum atomic E-state index is 5.40. The van der Waals surface area contributed by atoms with Crippen molar-refractivity contribution in [3.05, 3.63) is 0 Å². The highest BCUT2D eigenvalue weighted by molar-refractivity contribution is 4.88. The molecular weight excluding hydrogens is 150 g/mol. The second kappa shape index (κ2) is 4.83. The minimum atomic E-state index is 0.540. The zero-order valence-electron chi connectivity index (χ0n) is 8.36. The van der Waals surface area contributed by atoms with Crippen molar-refractivity contribution in [2.45, 2.75) is 33.1 Å². The fraction of sp³-hybridized carbons (Fsp3) is 1.00. The zero-order valence-corrected chi connectivity index (χ0v) is 8.36. The van der Waals surface area contributed by atoms with Gasteiger partial charge >= 0.3 is 0 Å². The van der Waals surface area contributed by atoms with E-state index in [9.17, 15) is 0 Å². The Morgan fingerprint density at radius 1 is 1.25 bits per heavy atom. The van der Waals surface area contributed by atoms with Crippen LogP contribution in [-0.4, -0.2) is 26.3 Å². The van der Waals surface area contributed by atoms with E-state index in [1.807, 2.05) is 13.8 Å². The standard InChI is InChI=1S/C8H15NO.C2H6/c1-2-8(6-9-4-1)3-5-10-7-8;1-2/h9H,1-7H2;1-2H3. The normalized spacial score (nSPS) is 34.5. The van der Waals surface area contributed by atoms with Crippen LogP contribution in [0.25, 0.3) is 0 Å². The van der Waals surface area contributed by atoms with Crippen molar-refractivity contribution in [2.24, 2.45) is 5.41 Å². The van der Waals surface area contributed by atoms with Gasteiger partial charge < -0.3 is 10.1 Å². The summed E-state index contributed by atoms with van der Waals surface area (Å²) in [6, 6.07) is 0. The summed E-state index contributed by atoms with van der Waals surface area (Å²) < 4.78 is 5.40. The molecule has 2 rings (SSSR count). The molecule has 0 aliphatic carbocycles. The van der Waals surface area contributed by atoms with Crippen LogP contribution < -0.4 is 5.32 Å². The maximum absolute atomic E-state index is 5.40. The van der Waals surface area contributed by atoms with Crippen LogP contribution in [0.3, 0.4) is 0 Å². The Morgan fingerprint density at radius 3 is 2.58 bits per heavy atom. The van der Waals surface area contributed by atoms with Gasteiger partial charge in [-0.1, -0.05) is 13.8 Å². The van der Waals surface area contributed by atoms with Crippen LogP contribution in [0.4, 0.5) is 0 Å². The fourth-order valence-corrected chi connectivity index (χ4v) is 2.02. The third-order valence-corrected chi connectivity index (χ3v) is 2.75. The summed E-state index contributed by atoms with van der Waals surface area (Å²) in [6.07, 6.45) is 3.99. The Hall–Kier alpha value is -0.0800. The highest BCUT2D eigenvalue weighted by atomic mass is 16.5. The van der Waals surface area contributed by atoms with Crippen LogP contribution in [-0.2, 0) is 4.74 Å². The van der Waals surface area contributed by atoms with Crippen LogP contribution in [0.1, 0.15) is 33.1 Å². The molecule has 12 heavy (non-hydrogen) atoms. The lowest BCUT2D eigenvalue weighted by molar-refractivity contribution is 0.132. The van der Waals surface area contributed by atoms with Gasteiger partial charge in [-0.05, 0) is 25.8 Å². The van der Waals surface area contributed by atoms with Gasteiger partial charge in [0.1, 0.15) is 0 Å². The van der Waals surface area contributed by atoms with Crippen LogP contribution in [0.5, 0.6) is 0 Å². The highest BCUT2D eigenvalue weighted by Crippen LogP contribution is 2.34. The largest absolute Gasteiger partial charge is 0.381 e. The first-order valence-electron chi connectivity index (χ1n) is 5.20. The molecule has 2 aliphatic rings. The minimum absolute atomic E-state index is 0.540. The third kappa shape index (κ3) is 2.20. The molecule has 1 unspecified atom stereocenters. The molecule has 2 heteroatoms. The molecule has 2 aliphatic heterocycles. The molecule has 0 bridgehead atoms. The van der Waals surface area contributed by atoms with Gasteiger partial charge in [0.15, 0.2) is 0 Å². The minimum Gasteiger partial charge on any atom is -0.381 e. The van der Waals surface area contributed by atoms with Crippen molar-refractivity contribution in [1.82, 2.24) is 5.32 Å². The number of hydrogen-bond donors (Lipinski definition) is 1. The lowest BCUT2D eigenvalue weighted by Crippen LogP contribution is -2.40. The molecule has 2 heterocycles. The van der Waals surface area contributed by atoms with Gasteiger partial charge in [-0.15, -0.1) is 0 Å². The van der Waals surface area contributed by atoms with E-state index in [4.69, 9.17) is 4.74 Å². The third-order valence-electron chi connectivity index (χ3n) is 2.75. The monoisotopic (exact) mass is 171 g/mol. The van der Waals surface area contributed by atoms with E-state index in [-0.39, 0.29) is 0 Å². The molecule has 0 aromatic heterocycles. The fourth-order valence-electron chi connectivity index (χ4n) is 2.02. The Labute approximate surface area is 75.7 Å². The molecule has 1 spiro atoms. The summed E-state index contributed by atoms with van der Waals surface area (Å²) in [5.74, 6) is 0. The van der Waals surface area contributed by atoms with E-state index in [2.05, 4.69) is 5.32 Å². The van der Waals surface area contributed by atoms with E-state index in [0.29, 0.717) is 5.41 Å². The van der Waals surface area contributed by atoms with E-state index < -0.39 is 0 Å². The summed E-state index contributed by atoms with van der Waals surface area (Å²) in [6.45, 7) is 8.39. The summed E-state index contributed by atoms with van der Waals surface area (Å²) >= 11 is 0. The number of piperidine rings is 1. The first kappa shape index (κ1) is 10.0. The average Bonchev–Trinajstić information content (AvgIpc) is 2.58. The second-order valence-electron chi connectivity index (χ2n) is 3.58. The van der Waals surface area contributed by atoms with Crippen molar-refractivity contribution in [1.29, 1.82) is 0 Å². The Balaban J connectivity index is 0.000000336. The van der Waals surface area contributed by atoms with Gasteiger partial charge in [-0.2, -0.15) is 0 Å². The Kier molecular flexibility index (Phi) is 4.02. The summed E-state index contributed by atoms with van der Waals surface area (Å²) in [5, 5.41) is 3.44. The average molecular weight is 171 g/mol. The molecule has 0 amide bonds. The first-order chi connectivity index (χ1) is 5.91. The predicted molar refractivity (Wildman–Crippen MR) is 51.3 cm³/mol. The molecule has 0 saturated carbocycles. The highest BCUT2D eigenvalue weighted by Gasteiger charge is 2.35. The summed E-state index contributed by atoms with van der Waals surface area (Å²) in [4.78, 5) is 0. The van der Waals surface area contributed by atoms with E-state index >= 15 is 0 Å². The Bertz CT molecular complexity index is 111. The van der Waals surface area contributed by atoms with Crippen LogP contribution in [0.15, 0.2) is 0 Å². The maximum Gasteiger partial charge on any atom is 0.0535 e.